The van der Waals surface area contributed by atoms with Crippen molar-refractivity contribution in [1.82, 2.24) is 20.0 Å². The lowest BCUT2D eigenvalue weighted by Crippen LogP contribution is -2.40. The van der Waals surface area contributed by atoms with Crippen molar-refractivity contribution in [2.75, 3.05) is 19.7 Å². The van der Waals surface area contributed by atoms with E-state index in [1.54, 1.807) is 17.2 Å². The summed E-state index contributed by atoms with van der Waals surface area (Å²) in [5, 5.41) is 4.80. The largest absolute Gasteiger partial charge is 0.484 e. The molecule has 1 N–H and O–H groups in total. The summed E-state index contributed by atoms with van der Waals surface area (Å²) < 4.78 is 11.0. The Labute approximate surface area is 184 Å². The number of pyridine rings is 1. The van der Waals surface area contributed by atoms with Crippen molar-refractivity contribution >= 4 is 17.5 Å². The molecule has 1 saturated heterocycles. The van der Waals surface area contributed by atoms with Crippen molar-refractivity contribution < 1.29 is 14.1 Å². The van der Waals surface area contributed by atoms with Gasteiger partial charge in [-0.15, -0.1) is 0 Å². The quantitative estimate of drug-likeness (QED) is 0.649. The van der Waals surface area contributed by atoms with Gasteiger partial charge in [-0.1, -0.05) is 16.8 Å². The molecule has 4 rings (SSSR count). The predicted octanol–water partition coefficient (Wildman–Crippen LogP) is 3.48. The zero-order chi connectivity index (χ0) is 22.0. The molecule has 1 aliphatic heterocycles. The number of amides is 1. The minimum Gasteiger partial charge on any atom is -0.484 e. The number of benzene rings is 1. The van der Waals surface area contributed by atoms with Gasteiger partial charge in [0.15, 0.2) is 12.4 Å². The van der Waals surface area contributed by atoms with Gasteiger partial charge in [-0.25, -0.2) is 0 Å². The van der Waals surface area contributed by atoms with Gasteiger partial charge in [0.05, 0.1) is 5.56 Å². The van der Waals surface area contributed by atoms with Crippen molar-refractivity contribution in [2.45, 2.75) is 32.6 Å². The number of hydrogen-bond donors (Lipinski definition) is 1. The van der Waals surface area contributed by atoms with Crippen LogP contribution in [-0.2, 0) is 4.79 Å². The van der Waals surface area contributed by atoms with Crippen LogP contribution in [0.25, 0.3) is 11.5 Å². The van der Waals surface area contributed by atoms with Crippen molar-refractivity contribution in [3.05, 3.63) is 62.8 Å². The normalized spacial score (nSPS) is 14.6. The fraction of sp³-hybridized carbons (Fsp3) is 0.364. The summed E-state index contributed by atoms with van der Waals surface area (Å²) in [7, 11) is 0. The van der Waals surface area contributed by atoms with E-state index >= 15 is 0 Å². The number of ether oxygens (including phenoxy) is 1. The molecular formula is C22H23ClN4O4. The Morgan fingerprint density at radius 1 is 1.26 bits per heavy atom. The fourth-order valence-corrected chi connectivity index (χ4v) is 3.78. The van der Waals surface area contributed by atoms with Crippen LogP contribution in [0.3, 0.4) is 0 Å². The van der Waals surface area contributed by atoms with E-state index in [0.29, 0.717) is 41.1 Å². The van der Waals surface area contributed by atoms with E-state index in [1.165, 1.54) is 6.07 Å². The monoisotopic (exact) mass is 442 g/mol. The van der Waals surface area contributed by atoms with Gasteiger partial charge in [0, 0.05) is 36.3 Å². The van der Waals surface area contributed by atoms with Crippen LogP contribution in [0.4, 0.5) is 0 Å². The van der Waals surface area contributed by atoms with E-state index in [-0.39, 0.29) is 24.0 Å². The van der Waals surface area contributed by atoms with Gasteiger partial charge in [0.2, 0.25) is 5.56 Å². The highest BCUT2D eigenvalue weighted by atomic mass is 35.5. The minimum absolute atomic E-state index is 0.0102. The number of rotatable bonds is 5. The van der Waals surface area contributed by atoms with Gasteiger partial charge in [0.25, 0.3) is 11.8 Å². The Bertz CT molecular complexity index is 1100. The lowest BCUT2D eigenvalue weighted by atomic mass is 9.96. The average molecular weight is 443 g/mol. The van der Waals surface area contributed by atoms with Crippen molar-refractivity contribution in [1.29, 1.82) is 0 Å². The summed E-state index contributed by atoms with van der Waals surface area (Å²) in [6, 6.07) is 6.73. The Morgan fingerprint density at radius 2 is 1.97 bits per heavy atom. The summed E-state index contributed by atoms with van der Waals surface area (Å²) >= 11 is 6.18. The van der Waals surface area contributed by atoms with E-state index in [0.717, 1.165) is 24.0 Å². The average Bonchev–Trinajstić information content (AvgIpc) is 3.26. The van der Waals surface area contributed by atoms with E-state index < -0.39 is 0 Å². The van der Waals surface area contributed by atoms with Crippen molar-refractivity contribution in [3.63, 3.8) is 0 Å². The highest BCUT2D eigenvalue weighted by Crippen LogP contribution is 2.28. The zero-order valence-corrected chi connectivity index (χ0v) is 18.1. The number of likely N-dealkylation sites (tertiary alicyclic amines) is 1. The molecule has 0 aliphatic carbocycles. The molecule has 0 radical (unpaired) electrons. The first kappa shape index (κ1) is 21.1. The molecule has 0 spiro atoms. The van der Waals surface area contributed by atoms with Crippen molar-refractivity contribution in [3.8, 4) is 17.2 Å². The molecule has 8 nitrogen and oxygen atoms in total. The molecule has 31 heavy (non-hydrogen) atoms. The SMILES string of the molecule is Cc1cc(OCC(=O)N2CCC(c3noc(-c4ccc(=O)[nH]c4)n3)CC2)cc(C)c1Cl. The number of aryl methyl sites for hydroxylation is 2. The Hall–Kier alpha value is -3.13. The second-order valence-electron chi connectivity index (χ2n) is 7.71. The highest BCUT2D eigenvalue weighted by molar-refractivity contribution is 6.32. The number of piperidine rings is 1. The summed E-state index contributed by atoms with van der Waals surface area (Å²) in [5.41, 5.74) is 2.32. The molecule has 1 fully saturated rings. The summed E-state index contributed by atoms with van der Waals surface area (Å²) in [5.74, 6) is 1.70. The van der Waals surface area contributed by atoms with Crippen LogP contribution in [0, 0.1) is 13.8 Å². The van der Waals surface area contributed by atoms with Gasteiger partial charge in [-0.2, -0.15) is 4.98 Å². The zero-order valence-electron chi connectivity index (χ0n) is 17.4. The van der Waals surface area contributed by atoms with Crippen LogP contribution in [-0.4, -0.2) is 45.6 Å². The molecule has 0 atom stereocenters. The Kier molecular flexibility index (Phi) is 6.08. The molecule has 2 aromatic heterocycles. The van der Waals surface area contributed by atoms with E-state index in [9.17, 15) is 9.59 Å². The van der Waals surface area contributed by atoms with Gasteiger partial charge in [-0.3, -0.25) is 9.59 Å². The summed E-state index contributed by atoms with van der Waals surface area (Å²) in [4.78, 5) is 32.6. The number of aromatic nitrogens is 3. The molecule has 9 heteroatoms. The van der Waals surface area contributed by atoms with Crippen LogP contribution >= 0.6 is 11.6 Å². The highest BCUT2D eigenvalue weighted by Gasteiger charge is 2.27. The second kappa shape index (κ2) is 8.93. The number of nitrogens with one attached hydrogen (secondary N) is 1. The van der Waals surface area contributed by atoms with Crippen molar-refractivity contribution in [2.24, 2.45) is 0 Å². The maximum absolute atomic E-state index is 12.6. The third-order valence-electron chi connectivity index (χ3n) is 5.46. The molecular weight excluding hydrogens is 420 g/mol. The summed E-state index contributed by atoms with van der Waals surface area (Å²) in [6.07, 6.45) is 3.04. The molecule has 1 amide bonds. The molecule has 0 saturated carbocycles. The molecule has 162 valence electrons. The molecule has 1 aliphatic rings. The van der Waals surface area contributed by atoms with Crippen LogP contribution in [0.1, 0.15) is 35.7 Å². The number of H-pyrrole nitrogens is 1. The first-order valence-corrected chi connectivity index (χ1v) is 10.5. The standard InChI is InChI=1S/C22H23ClN4O4/c1-13-9-17(10-14(2)20(13)23)30-12-19(29)27-7-5-15(6-8-27)21-25-22(31-26-21)16-3-4-18(28)24-11-16/h3-4,9-11,15H,5-8,12H2,1-2H3,(H,24,28). The summed E-state index contributed by atoms with van der Waals surface area (Å²) in [6.45, 7) is 5.02. The van der Waals surface area contributed by atoms with Crippen LogP contribution < -0.4 is 10.3 Å². The first-order valence-electron chi connectivity index (χ1n) is 10.1. The molecule has 3 aromatic rings. The number of hydrogen-bond acceptors (Lipinski definition) is 6. The van der Waals surface area contributed by atoms with Gasteiger partial charge >= 0.3 is 0 Å². The number of nitrogens with zero attached hydrogens (tertiary/aromatic N) is 3. The number of carbonyl (C=O) groups excluding carboxylic acids is 1. The van der Waals surface area contributed by atoms with Gasteiger partial charge in [-0.05, 0) is 56.0 Å². The molecule has 0 bridgehead atoms. The smallest absolute Gasteiger partial charge is 0.260 e. The van der Waals surface area contributed by atoms with E-state index in [2.05, 4.69) is 15.1 Å². The number of halogens is 1. The van der Waals surface area contributed by atoms with Crippen LogP contribution in [0.2, 0.25) is 5.02 Å². The molecule has 1 aromatic carbocycles. The third-order valence-corrected chi connectivity index (χ3v) is 6.05. The lowest BCUT2D eigenvalue weighted by molar-refractivity contribution is -0.134. The van der Waals surface area contributed by atoms with Crippen LogP contribution in [0.15, 0.2) is 39.8 Å². The maximum atomic E-state index is 12.6. The second-order valence-corrected chi connectivity index (χ2v) is 8.09. The Balaban J connectivity index is 1.31. The van der Waals surface area contributed by atoms with Gasteiger partial charge in [0.1, 0.15) is 5.75 Å². The van der Waals surface area contributed by atoms with E-state index in [1.807, 2.05) is 26.0 Å². The predicted molar refractivity (Wildman–Crippen MR) is 115 cm³/mol. The van der Waals surface area contributed by atoms with Crippen LogP contribution in [0.5, 0.6) is 5.75 Å². The molecule has 3 heterocycles. The number of aromatic amines is 1. The lowest BCUT2D eigenvalue weighted by Gasteiger charge is -2.30. The minimum atomic E-state index is -0.189. The fourth-order valence-electron chi connectivity index (χ4n) is 3.67. The number of carbonyl (C=O) groups is 1. The topological polar surface area (TPSA) is 101 Å². The van der Waals surface area contributed by atoms with E-state index in [4.69, 9.17) is 20.9 Å². The Morgan fingerprint density at radius 3 is 2.61 bits per heavy atom. The maximum Gasteiger partial charge on any atom is 0.260 e. The van der Waals surface area contributed by atoms with Gasteiger partial charge < -0.3 is 19.1 Å². The third kappa shape index (κ3) is 4.80. The molecule has 0 unspecified atom stereocenters. The first-order chi connectivity index (χ1) is 14.9.